The molecule has 12 heteroatoms. The zero-order valence-electron chi connectivity index (χ0n) is 14.5. The molecule has 2 rings (SSSR count). The Morgan fingerprint density at radius 1 is 0.800 bits per heavy atom. The van der Waals surface area contributed by atoms with Crippen LogP contribution in [0, 0.1) is 0 Å². The van der Waals surface area contributed by atoms with Crippen molar-refractivity contribution in [2.75, 3.05) is 5.32 Å². The molecule has 2 aromatic rings. The van der Waals surface area contributed by atoms with Crippen LogP contribution >= 0.6 is 0 Å². The van der Waals surface area contributed by atoms with Crippen LogP contribution in [-0.2, 0) is 0 Å². The molecular weight excluding hydrogens is 430 g/mol. The maximum absolute atomic E-state index is 14.1. The van der Waals surface area contributed by atoms with Crippen LogP contribution in [0.1, 0.15) is 15.9 Å². The van der Waals surface area contributed by atoms with Crippen LogP contribution in [0.3, 0.4) is 0 Å². The maximum Gasteiger partial charge on any atom is 0.573 e. The van der Waals surface area contributed by atoms with Gasteiger partial charge in [0.1, 0.15) is 0 Å². The molecule has 1 N–H and O–H groups in total. The molecule has 30 heavy (non-hydrogen) atoms. The van der Waals surface area contributed by atoms with Gasteiger partial charge in [0.25, 0.3) is 0 Å². The van der Waals surface area contributed by atoms with Gasteiger partial charge in [-0.2, -0.15) is 8.78 Å². The van der Waals surface area contributed by atoms with Crippen molar-refractivity contribution in [2.24, 2.45) is 0 Å². The summed E-state index contributed by atoms with van der Waals surface area (Å²) in [5.41, 5.74) is -0.619. The molecule has 0 unspecified atom stereocenters. The van der Waals surface area contributed by atoms with Crippen molar-refractivity contribution < 1.29 is 49.4 Å². The lowest BCUT2D eigenvalue weighted by Gasteiger charge is -2.17. The van der Waals surface area contributed by atoms with E-state index >= 15 is 0 Å². The van der Waals surface area contributed by atoms with E-state index in [2.05, 4.69) is 9.47 Å². The number of ether oxygens (including phenoxy) is 2. The van der Waals surface area contributed by atoms with Crippen molar-refractivity contribution in [3.63, 3.8) is 0 Å². The summed E-state index contributed by atoms with van der Waals surface area (Å²) in [6, 6.07) is 3.29. The second-order valence-electron chi connectivity index (χ2n) is 5.59. The van der Waals surface area contributed by atoms with E-state index < -0.39 is 30.3 Å². The largest absolute Gasteiger partial charge is 0.573 e. The minimum absolute atomic E-state index is 0.0694. The fourth-order valence-corrected chi connectivity index (χ4v) is 2.18. The van der Waals surface area contributed by atoms with Crippen LogP contribution in [-0.4, -0.2) is 25.1 Å². The summed E-state index contributed by atoms with van der Waals surface area (Å²) in [5, 5.41) is 1.77. The van der Waals surface area contributed by atoms with E-state index in [9.17, 15) is 39.9 Å². The van der Waals surface area contributed by atoms with Crippen LogP contribution in [0.15, 0.2) is 48.5 Å². The number of nitrogens with one attached hydrogen (secondary N) is 1. The number of alkyl halides is 8. The van der Waals surface area contributed by atoms with Gasteiger partial charge in [0.2, 0.25) is 0 Å². The summed E-state index contributed by atoms with van der Waals surface area (Å²) < 4.78 is 109. The molecule has 0 aliphatic heterocycles. The van der Waals surface area contributed by atoms with E-state index in [1.54, 1.807) is 5.32 Å². The number of hydrogen-bond acceptors (Lipinski definition) is 4. The number of halogens is 8. The van der Waals surface area contributed by atoms with Gasteiger partial charge in [-0.3, -0.25) is 4.79 Å². The van der Waals surface area contributed by atoms with Crippen LogP contribution < -0.4 is 14.8 Å². The van der Waals surface area contributed by atoms with Gasteiger partial charge in [-0.1, -0.05) is 24.3 Å². The molecule has 0 aliphatic carbocycles. The van der Waals surface area contributed by atoms with Gasteiger partial charge in [0.05, 0.1) is 0 Å². The van der Waals surface area contributed by atoms with E-state index in [1.165, 1.54) is 24.3 Å². The van der Waals surface area contributed by atoms with Gasteiger partial charge < -0.3 is 14.8 Å². The average molecular weight is 441 g/mol. The van der Waals surface area contributed by atoms with Gasteiger partial charge in [-0.25, -0.2) is 0 Å². The van der Waals surface area contributed by atoms with Gasteiger partial charge in [0.15, 0.2) is 17.8 Å². The molecule has 0 radical (unpaired) electrons. The Bertz CT molecular complexity index is 922. The number of carbonyl (C=O) groups excluding carboxylic acids is 1. The number of hydrogen-bond donors (Lipinski definition) is 1. The fourth-order valence-electron chi connectivity index (χ4n) is 2.18. The zero-order valence-corrected chi connectivity index (χ0v) is 14.5. The predicted octanol–water partition coefficient (Wildman–Crippen LogP) is 6.01. The molecule has 0 atom stereocenters. The molecule has 0 saturated heterocycles. The lowest BCUT2D eigenvalue weighted by Crippen LogP contribution is -2.25. The molecule has 0 spiro atoms. The highest BCUT2D eigenvalue weighted by atomic mass is 19.4. The lowest BCUT2D eigenvalue weighted by molar-refractivity contribution is -0.287. The second kappa shape index (κ2) is 8.59. The summed E-state index contributed by atoms with van der Waals surface area (Å²) in [6.45, 7) is 0. The topological polar surface area (TPSA) is 47.6 Å². The van der Waals surface area contributed by atoms with Crippen molar-refractivity contribution in [1.82, 2.24) is 0 Å². The maximum atomic E-state index is 14.1. The van der Waals surface area contributed by atoms with Gasteiger partial charge in [0, 0.05) is 17.3 Å². The highest BCUT2D eigenvalue weighted by molar-refractivity contribution is 5.84. The van der Waals surface area contributed by atoms with Crippen molar-refractivity contribution in [1.29, 1.82) is 0 Å². The number of aldehydes is 1. The molecule has 2 aromatic carbocycles. The number of carbonyl (C=O) groups is 1. The third-order valence-corrected chi connectivity index (χ3v) is 3.29. The highest BCUT2D eigenvalue weighted by Gasteiger charge is 2.36. The van der Waals surface area contributed by atoms with Gasteiger partial charge >= 0.3 is 18.8 Å². The minimum atomic E-state index is -5.35. The number of benzene rings is 2. The van der Waals surface area contributed by atoms with E-state index in [0.717, 1.165) is 6.07 Å². The first kappa shape index (κ1) is 23.0. The molecule has 4 nitrogen and oxygen atoms in total. The Labute approximate surface area is 163 Å². The molecule has 0 amide bonds. The summed E-state index contributed by atoms with van der Waals surface area (Å²) in [6.07, 6.45) is -9.43. The van der Waals surface area contributed by atoms with Crippen LogP contribution in [0.5, 0.6) is 11.5 Å². The molecule has 0 saturated carbocycles. The summed E-state index contributed by atoms with van der Waals surface area (Å²) in [4.78, 5) is 10.9. The van der Waals surface area contributed by atoms with Crippen molar-refractivity contribution in [3.05, 3.63) is 59.7 Å². The number of para-hydroxylation sites is 1. The summed E-state index contributed by atoms with van der Waals surface area (Å²) >= 11 is 0. The summed E-state index contributed by atoms with van der Waals surface area (Å²) in [5.74, 6) is -2.67. The third kappa shape index (κ3) is 7.26. The Hall–Kier alpha value is -3.31. The zero-order chi connectivity index (χ0) is 22.6. The van der Waals surface area contributed by atoms with E-state index in [1.807, 2.05) is 0 Å². The third-order valence-electron chi connectivity index (χ3n) is 3.29. The average Bonchev–Trinajstić information content (AvgIpc) is 2.60. The van der Waals surface area contributed by atoms with Crippen molar-refractivity contribution >= 4 is 18.0 Å². The standard InChI is InChI=1S/C18H11F8NO3/c19-16(20,27-13-4-2-1-3-12(13)10-28)8-7-11-5-6-14(29-17(21,22)23)15(9-11)30-18(24,25)26/h1-10,27H/b8-7+. The van der Waals surface area contributed by atoms with E-state index in [-0.39, 0.29) is 22.9 Å². The molecule has 162 valence electrons. The number of anilines is 1. The Balaban J connectivity index is 2.28. The van der Waals surface area contributed by atoms with Gasteiger partial charge in [-0.05, 0) is 29.8 Å². The van der Waals surface area contributed by atoms with Crippen LogP contribution in [0.2, 0.25) is 0 Å². The Morgan fingerprint density at radius 3 is 2.00 bits per heavy atom. The van der Waals surface area contributed by atoms with Crippen molar-refractivity contribution in [3.8, 4) is 11.5 Å². The van der Waals surface area contributed by atoms with Gasteiger partial charge in [-0.15, -0.1) is 26.3 Å². The van der Waals surface area contributed by atoms with Crippen LogP contribution in [0.4, 0.5) is 40.8 Å². The molecular formula is C18H11F8NO3. The summed E-state index contributed by atoms with van der Waals surface area (Å²) in [7, 11) is 0. The Morgan fingerprint density at radius 2 is 1.40 bits per heavy atom. The van der Waals surface area contributed by atoms with E-state index in [0.29, 0.717) is 24.5 Å². The molecule has 0 aliphatic rings. The highest BCUT2D eigenvalue weighted by Crippen LogP contribution is 2.37. The second-order valence-corrected chi connectivity index (χ2v) is 5.59. The first-order valence-corrected chi connectivity index (χ1v) is 7.83. The van der Waals surface area contributed by atoms with E-state index in [4.69, 9.17) is 0 Å². The molecule has 0 fully saturated rings. The molecule has 0 bridgehead atoms. The van der Waals surface area contributed by atoms with Crippen LogP contribution in [0.25, 0.3) is 6.08 Å². The minimum Gasteiger partial charge on any atom is -0.402 e. The number of rotatable bonds is 7. The molecule has 0 heterocycles. The predicted molar refractivity (Wildman–Crippen MR) is 89.2 cm³/mol. The Kier molecular flexibility index (Phi) is 6.58. The SMILES string of the molecule is O=Cc1ccccc1NC(F)(F)/C=C/c1ccc(OC(F)(F)F)c(OC(F)(F)F)c1. The quantitative estimate of drug-likeness (QED) is 0.325. The lowest BCUT2D eigenvalue weighted by atomic mass is 10.1. The fraction of sp³-hybridized carbons (Fsp3) is 0.167. The normalized spacial score (nSPS) is 12.7. The first-order valence-electron chi connectivity index (χ1n) is 7.83. The monoisotopic (exact) mass is 441 g/mol. The van der Waals surface area contributed by atoms with Crippen molar-refractivity contribution in [2.45, 2.75) is 18.8 Å². The molecule has 0 aromatic heterocycles. The first-order chi connectivity index (χ1) is 13.8. The smallest absolute Gasteiger partial charge is 0.402 e.